The molecule has 30 heavy (non-hydrogen) atoms. The zero-order valence-corrected chi connectivity index (χ0v) is 18.1. The molecule has 1 aliphatic rings. The third kappa shape index (κ3) is 4.53. The van der Waals surface area contributed by atoms with Crippen molar-refractivity contribution >= 4 is 38.2 Å². The number of anilines is 1. The van der Waals surface area contributed by atoms with Gasteiger partial charge in [-0.2, -0.15) is 0 Å². The first-order chi connectivity index (χ1) is 14.2. The number of sulfonamides is 1. The van der Waals surface area contributed by atoms with Gasteiger partial charge >= 0.3 is 0 Å². The molecule has 0 amide bonds. The molecule has 2 aromatic rings. The molecule has 0 aliphatic heterocycles. The van der Waals surface area contributed by atoms with Crippen LogP contribution >= 0.6 is 0 Å². The van der Waals surface area contributed by atoms with E-state index in [0.29, 0.717) is 29.7 Å². The van der Waals surface area contributed by atoms with Gasteiger partial charge in [-0.1, -0.05) is 50.5 Å². The average Bonchev–Trinajstić information content (AvgIpc) is 2.67. The molecule has 1 heterocycles. The summed E-state index contributed by atoms with van der Waals surface area (Å²) in [5, 5.41) is 8.96. The smallest absolute Gasteiger partial charge is 0.229 e. The molecular weight excluding hydrogens is 400 g/mol. The van der Waals surface area contributed by atoms with Gasteiger partial charge in [-0.3, -0.25) is 19.9 Å². The second-order valence-electron chi connectivity index (χ2n) is 7.91. The highest BCUT2D eigenvalue weighted by molar-refractivity contribution is 7.92. The molecule has 1 aromatic carbocycles. The van der Waals surface area contributed by atoms with E-state index in [1.165, 1.54) is 0 Å². The van der Waals surface area contributed by atoms with E-state index >= 15 is 0 Å². The van der Waals surface area contributed by atoms with Crippen LogP contribution in [0.5, 0.6) is 0 Å². The maximum atomic E-state index is 13.5. The first-order valence-corrected chi connectivity index (χ1v) is 12.0. The van der Waals surface area contributed by atoms with E-state index in [1.54, 1.807) is 24.3 Å². The number of Topliss-reactive ketones (excluding diaryl/α,β-unsaturated/α-hetero) is 1. The summed E-state index contributed by atoms with van der Waals surface area (Å²) in [6.07, 6.45) is 8.65. The summed E-state index contributed by atoms with van der Waals surface area (Å²) in [5.74, 6) is -0.702. The van der Waals surface area contributed by atoms with Gasteiger partial charge in [0, 0.05) is 5.39 Å². The van der Waals surface area contributed by atoms with Crippen LogP contribution in [0.15, 0.2) is 42.5 Å². The van der Waals surface area contributed by atoms with Crippen LogP contribution in [0.25, 0.3) is 10.9 Å². The van der Waals surface area contributed by atoms with Crippen molar-refractivity contribution in [2.75, 3.05) is 11.0 Å². The first-order valence-electron chi connectivity index (χ1n) is 10.1. The van der Waals surface area contributed by atoms with E-state index in [1.807, 2.05) is 18.2 Å². The summed E-state index contributed by atoms with van der Waals surface area (Å²) < 4.78 is 25.5. The number of nitrogens with two attached hydrogens (primary N) is 1. The number of hydrogen-bond donors (Lipinski definition) is 3. The van der Waals surface area contributed by atoms with Gasteiger partial charge in [0.1, 0.15) is 11.3 Å². The number of nitrogens with zero attached hydrogens (tertiary/aromatic N) is 1. The van der Waals surface area contributed by atoms with Gasteiger partial charge in [0.15, 0.2) is 5.78 Å². The van der Waals surface area contributed by atoms with Gasteiger partial charge in [0.25, 0.3) is 0 Å². The monoisotopic (exact) mass is 428 g/mol. The molecule has 0 bridgehead atoms. The lowest BCUT2D eigenvalue weighted by atomic mass is 9.68. The number of rotatable bonds is 8. The fourth-order valence-corrected chi connectivity index (χ4v) is 4.54. The van der Waals surface area contributed by atoms with Crippen molar-refractivity contribution in [2.24, 2.45) is 11.1 Å². The number of fused-ring (bicyclic) bond motifs is 1. The van der Waals surface area contributed by atoms with E-state index in [-0.39, 0.29) is 11.6 Å². The minimum Gasteiger partial charge on any atom is -0.387 e. The molecular formula is C22H28N4O3S. The third-order valence-corrected chi connectivity index (χ3v) is 6.17. The fourth-order valence-electron chi connectivity index (χ4n) is 3.98. The quantitative estimate of drug-likeness (QED) is 0.256. The predicted molar refractivity (Wildman–Crippen MR) is 120 cm³/mol. The fraction of sp³-hybridized carbons (Fsp3) is 0.409. The Labute approximate surface area is 177 Å². The summed E-state index contributed by atoms with van der Waals surface area (Å²) in [6.45, 7) is 2.09. The highest BCUT2D eigenvalue weighted by Gasteiger charge is 2.45. The van der Waals surface area contributed by atoms with Crippen molar-refractivity contribution in [2.45, 2.75) is 44.9 Å². The summed E-state index contributed by atoms with van der Waals surface area (Å²) in [4.78, 5) is 18.1. The molecule has 1 aliphatic carbocycles. The predicted octanol–water partition coefficient (Wildman–Crippen LogP) is 3.72. The highest BCUT2D eigenvalue weighted by Crippen LogP contribution is 2.40. The zero-order chi connectivity index (χ0) is 21.9. The molecule has 2 unspecified atom stereocenters. The third-order valence-electron chi connectivity index (χ3n) is 5.56. The van der Waals surface area contributed by atoms with Gasteiger partial charge in [-0.25, -0.2) is 8.42 Å². The largest absolute Gasteiger partial charge is 0.387 e. The van der Waals surface area contributed by atoms with Crippen molar-refractivity contribution in [1.82, 2.24) is 4.98 Å². The maximum Gasteiger partial charge on any atom is 0.229 e. The Balaban J connectivity index is 1.96. The number of benzene rings is 1. The molecule has 7 nitrogen and oxygen atoms in total. The molecule has 0 saturated carbocycles. The molecule has 0 saturated heterocycles. The second-order valence-corrected chi connectivity index (χ2v) is 9.66. The number of carbonyl (C=O) groups is 1. The van der Waals surface area contributed by atoms with Crippen LogP contribution in [-0.4, -0.2) is 31.3 Å². The lowest BCUT2D eigenvalue weighted by Gasteiger charge is -2.34. The minimum atomic E-state index is -3.40. The number of amidine groups is 1. The van der Waals surface area contributed by atoms with E-state index < -0.39 is 21.4 Å². The van der Waals surface area contributed by atoms with Crippen LogP contribution in [0.1, 0.15) is 50.6 Å². The van der Waals surface area contributed by atoms with Crippen LogP contribution in [0.3, 0.4) is 0 Å². The number of carbonyl (C=O) groups excluding carboxylic acids is 1. The van der Waals surface area contributed by atoms with Gasteiger partial charge in [-0.15, -0.1) is 0 Å². The van der Waals surface area contributed by atoms with E-state index in [2.05, 4.69) is 16.6 Å². The van der Waals surface area contributed by atoms with Gasteiger partial charge in [-0.05, 0) is 31.0 Å². The lowest BCUT2D eigenvalue weighted by molar-refractivity contribution is -0.126. The molecule has 3 rings (SSSR count). The highest BCUT2D eigenvalue weighted by atomic mass is 32.2. The van der Waals surface area contributed by atoms with Crippen LogP contribution in [-0.2, 0) is 14.8 Å². The van der Waals surface area contributed by atoms with Crippen LogP contribution in [0.4, 0.5) is 5.69 Å². The maximum absolute atomic E-state index is 13.5. The zero-order valence-electron chi connectivity index (χ0n) is 17.3. The Bertz CT molecular complexity index is 1110. The normalized spacial score (nSPS) is 21.7. The van der Waals surface area contributed by atoms with Gasteiger partial charge in [0.05, 0.1) is 29.1 Å². The first kappa shape index (κ1) is 22.0. The topological polar surface area (TPSA) is 126 Å². The Morgan fingerprint density at radius 2 is 2.03 bits per heavy atom. The number of allylic oxidation sites excluding steroid dienone is 1. The minimum absolute atomic E-state index is 0.0918. The molecule has 0 spiro atoms. The standard InChI is InChI=1S/C22H28N4O3S/c1-3-4-5-12-22(21(23)24)13-6-7-17(20(22)27)18-11-9-15-8-10-16(14-19(15)25-18)26-30(2,28)29/h6,8-11,13-14,17,26H,3-5,7,12H2,1-2H3,(H3,23,24). The summed E-state index contributed by atoms with van der Waals surface area (Å²) in [7, 11) is -3.40. The van der Waals surface area contributed by atoms with Crippen molar-refractivity contribution in [3.8, 4) is 0 Å². The summed E-state index contributed by atoms with van der Waals surface area (Å²) in [5.41, 5.74) is 6.46. The number of pyridine rings is 1. The van der Waals surface area contributed by atoms with Crippen LogP contribution in [0.2, 0.25) is 0 Å². The number of hydrogen-bond acceptors (Lipinski definition) is 5. The van der Waals surface area contributed by atoms with Crippen molar-refractivity contribution in [3.05, 3.63) is 48.2 Å². The summed E-state index contributed by atoms with van der Waals surface area (Å²) in [6, 6.07) is 8.81. The molecule has 2 atom stereocenters. The van der Waals surface area contributed by atoms with Gasteiger partial charge < -0.3 is 5.73 Å². The number of unbranched alkanes of at least 4 members (excludes halogenated alkanes) is 2. The Morgan fingerprint density at radius 1 is 1.30 bits per heavy atom. The molecule has 8 heteroatoms. The molecule has 1 aromatic heterocycles. The number of ketones is 1. The molecule has 0 radical (unpaired) electrons. The number of aromatic nitrogens is 1. The summed E-state index contributed by atoms with van der Waals surface area (Å²) >= 11 is 0. The van der Waals surface area contributed by atoms with Crippen molar-refractivity contribution in [1.29, 1.82) is 5.41 Å². The van der Waals surface area contributed by atoms with Crippen LogP contribution in [0, 0.1) is 10.8 Å². The van der Waals surface area contributed by atoms with E-state index in [0.717, 1.165) is 30.9 Å². The van der Waals surface area contributed by atoms with Crippen LogP contribution < -0.4 is 10.5 Å². The second kappa shape index (κ2) is 8.55. The van der Waals surface area contributed by atoms with Gasteiger partial charge in [0.2, 0.25) is 10.0 Å². The molecule has 4 N–H and O–H groups in total. The lowest BCUT2D eigenvalue weighted by Crippen LogP contribution is -2.46. The number of nitrogens with one attached hydrogen (secondary N) is 2. The molecule has 0 fully saturated rings. The Hall–Kier alpha value is -2.74. The Morgan fingerprint density at radius 3 is 2.70 bits per heavy atom. The van der Waals surface area contributed by atoms with E-state index in [9.17, 15) is 13.2 Å². The van der Waals surface area contributed by atoms with E-state index in [4.69, 9.17) is 11.1 Å². The Kier molecular flexibility index (Phi) is 6.26. The van der Waals surface area contributed by atoms with Crippen molar-refractivity contribution in [3.63, 3.8) is 0 Å². The molecule has 160 valence electrons. The van der Waals surface area contributed by atoms with Crippen molar-refractivity contribution < 1.29 is 13.2 Å². The average molecular weight is 429 g/mol. The SMILES string of the molecule is CCCCCC1(C(=N)N)C=CCC(c2ccc3ccc(NS(C)(=O)=O)cc3n2)C1=O.